The number of benzene rings is 1. The van der Waals surface area contributed by atoms with Gasteiger partial charge in [0.05, 0.1) is 12.3 Å². The van der Waals surface area contributed by atoms with Crippen molar-refractivity contribution in [3.8, 4) is 0 Å². The molecule has 0 radical (unpaired) electrons. The number of carbonyl (C=O) groups excluding carboxylic acids is 2. The molecule has 0 aliphatic rings. The highest BCUT2D eigenvalue weighted by atomic mass is 16.4. The number of hydrogen-bond donors (Lipinski definition) is 7. The first-order valence-electron chi connectivity index (χ1n) is 6.36. The van der Waals surface area contributed by atoms with E-state index < -0.39 is 42.7 Å². The Labute approximate surface area is 125 Å². The molecule has 4 atom stereocenters. The van der Waals surface area contributed by atoms with Crippen LogP contribution in [-0.2, 0) is 9.59 Å². The van der Waals surface area contributed by atoms with Crippen molar-refractivity contribution in [1.29, 1.82) is 0 Å². The Kier molecular flexibility index (Phi) is 6.89. The van der Waals surface area contributed by atoms with Crippen molar-refractivity contribution in [2.75, 3.05) is 12.0 Å². The van der Waals surface area contributed by atoms with Gasteiger partial charge in [0.1, 0.15) is 18.3 Å². The van der Waals surface area contributed by atoms with Gasteiger partial charge in [-0.15, -0.1) is 0 Å². The van der Waals surface area contributed by atoms with Crippen LogP contribution in [0, 0.1) is 0 Å². The van der Waals surface area contributed by atoms with E-state index in [4.69, 9.17) is 10.2 Å². The minimum absolute atomic E-state index is 0.492. The van der Waals surface area contributed by atoms with Crippen LogP contribution in [0.4, 0.5) is 5.69 Å². The maximum atomic E-state index is 11.6. The molecule has 0 spiro atoms. The van der Waals surface area contributed by atoms with Crippen LogP contribution in [0.5, 0.6) is 0 Å². The Morgan fingerprint density at radius 3 is 2.18 bits per heavy atom. The fourth-order valence-electron chi connectivity index (χ4n) is 1.50. The lowest BCUT2D eigenvalue weighted by Crippen LogP contribution is -2.52. The molecule has 9 nitrogen and oxygen atoms in total. The first kappa shape index (κ1) is 18.0. The fourth-order valence-corrected chi connectivity index (χ4v) is 1.50. The number of Topliss-reactive ketones (excluding diaryl/α,β-unsaturated/α-hetero) is 1. The molecule has 0 bridgehead atoms. The molecule has 0 fully saturated rings. The summed E-state index contributed by atoms with van der Waals surface area (Å²) < 4.78 is 0. The molecular weight excluding hydrogens is 296 g/mol. The Hall–Kier alpha value is -2.04. The van der Waals surface area contributed by atoms with Gasteiger partial charge in [-0.1, -0.05) is 18.2 Å². The zero-order valence-electron chi connectivity index (χ0n) is 11.5. The maximum absolute atomic E-state index is 11.6. The molecule has 0 aliphatic heterocycles. The fraction of sp³-hybridized carbons (Fsp3) is 0.385. The molecule has 9 heteroatoms. The van der Waals surface area contributed by atoms with Gasteiger partial charge < -0.3 is 25.5 Å². The summed E-state index contributed by atoms with van der Waals surface area (Å²) in [5.41, 5.74) is 4.98. The van der Waals surface area contributed by atoms with Gasteiger partial charge in [0.15, 0.2) is 6.10 Å². The minimum Gasteiger partial charge on any atom is -0.394 e. The number of hydrogen-bond acceptors (Lipinski definition) is 8. The number of rotatable bonds is 8. The Morgan fingerprint density at radius 2 is 1.64 bits per heavy atom. The number of aliphatic hydroxyl groups is 5. The van der Waals surface area contributed by atoms with Gasteiger partial charge in [0.25, 0.3) is 5.91 Å². The van der Waals surface area contributed by atoms with E-state index in [1.807, 2.05) is 0 Å². The number of hydrazine groups is 1. The number of nitrogens with one attached hydrogen (secondary N) is 2. The Balaban J connectivity index is 2.56. The zero-order chi connectivity index (χ0) is 16.7. The minimum atomic E-state index is -2.26. The van der Waals surface area contributed by atoms with Crippen molar-refractivity contribution < 1.29 is 35.1 Å². The van der Waals surface area contributed by atoms with Crippen molar-refractivity contribution in [3.05, 3.63) is 30.3 Å². The summed E-state index contributed by atoms with van der Waals surface area (Å²) in [6.45, 7) is -0.899. The zero-order valence-corrected chi connectivity index (χ0v) is 11.5. The topological polar surface area (TPSA) is 159 Å². The molecule has 22 heavy (non-hydrogen) atoms. The van der Waals surface area contributed by atoms with Gasteiger partial charge >= 0.3 is 0 Å². The van der Waals surface area contributed by atoms with Gasteiger partial charge in [-0.25, -0.2) is 0 Å². The van der Waals surface area contributed by atoms with Crippen molar-refractivity contribution in [2.24, 2.45) is 0 Å². The van der Waals surface area contributed by atoms with E-state index in [-0.39, 0.29) is 0 Å². The van der Waals surface area contributed by atoms with Crippen molar-refractivity contribution in [2.45, 2.75) is 24.4 Å². The predicted octanol–water partition coefficient (Wildman–Crippen LogP) is -2.87. The lowest BCUT2D eigenvalue weighted by molar-refractivity contribution is -0.153. The van der Waals surface area contributed by atoms with Crippen LogP contribution < -0.4 is 10.9 Å². The molecule has 1 aromatic rings. The number of para-hydroxylation sites is 1. The second-order valence-corrected chi connectivity index (χ2v) is 4.47. The number of ketones is 1. The molecule has 122 valence electrons. The summed E-state index contributed by atoms with van der Waals surface area (Å²) in [5.74, 6) is -2.56. The molecule has 1 amide bonds. The highest BCUT2D eigenvalue weighted by molar-refractivity contribution is 6.06. The molecule has 1 rings (SSSR count). The summed E-state index contributed by atoms with van der Waals surface area (Å²) >= 11 is 0. The molecule has 0 saturated heterocycles. The summed E-state index contributed by atoms with van der Waals surface area (Å²) in [6, 6.07) is 8.35. The number of amides is 1. The lowest BCUT2D eigenvalue weighted by Gasteiger charge is -2.22. The predicted molar refractivity (Wildman–Crippen MR) is 74.3 cm³/mol. The van der Waals surface area contributed by atoms with Gasteiger partial charge in [-0.05, 0) is 12.1 Å². The van der Waals surface area contributed by atoms with Gasteiger partial charge in [-0.2, -0.15) is 0 Å². The van der Waals surface area contributed by atoms with E-state index in [0.717, 1.165) is 0 Å². The van der Waals surface area contributed by atoms with E-state index in [2.05, 4.69) is 10.9 Å². The molecule has 0 unspecified atom stereocenters. The van der Waals surface area contributed by atoms with Crippen molar-refractivity contribution in [3.63, 3.8) is 0 Å². The standard InChI is InChI=1S/C13H18N2O7/c16-6-8(17)9(18)10(19)11(20)12(21)13(22)15-14-7-4-2-1-3-5-7/h1-5,8-10,12,14,16-19,21H,6H2,(H,15,22)/t8-,9-,10-,12+/m1/s1. The van der Waals surface area contributed by atoms with Crippen molar-refractivity contribution >= 4 is 17.4 Å². The molecule has 0 aromatic heterocycles. The van der Waals surface area contributed by atoms with Gasteiger partial charge in [0, 0.05) is 0 Å². The summed E-state index contributed by atoms with van der Waals surface area (Å²) in [6.07, 6.45) is -8.29. The number of carbonyl (C=O) groups is 2. The smallest absolute Gasteiger partial charge is 0.274 e. The Morgan fingerprint density at radius 1 is 1.05 bits per heavy atom. The summed E-state index contributed by atoms with van der Waals surface area (Å²) in [4.78, 5) is 23.2. The van der Waals surface area contributed by atoms with E-state index in [9.17, 15) is 24.9 Å². The normalized spacial score (nSPS) is 16.2. The highest BCUT2D eigenvalue weighted by Crippen LogP contribution is 2.06. The highest BCUT2D eigenvalue weighted by Gasteiger charge is 2.36. The monoisotopic (exact) mass is 314 g/mol. The Bertz CT molecular complexity index is 496. The third kappa shape index (κ3) is 4.76. The quantitative estimate of drug-likeness (QED) is 0.199. The average molecular weight is 314 g/mol. The van der Waals surface area contributed by atoms with E-state index in [0.29, 0.717) is 5.69 Å². The molecule has 0 saturated carbocycles. The first-order valence-corrected chi connectivity index (χ1v) is 6.36. The van der Waals surface area contributed by atoms with E-state index >= 15 is 0 Å². The SMILES string of the molecule is O=C(NNc1ccccc1)[C@@H](O)C(=O)[C@H](O)[C@H](O)[C@H](O)CO. The second kappa shape index (κ2) is 8.41. The molecule has 1 aromatic carbocycles. The van der Waals surface area contributed by atoms with Crippen LogP contribution in [-0.4, -0.2) is 68.2 Å². The van der Waals surface area contributed by atoms with E-state index in [1.165, 1.54) is 0 Å². The molecule has 7 N–H and O–H groups in total. The van der Waals surface area contributed by atoms with Gasteiger partial charge in [0.2, 0.25) is 5.78 Å². The molecule has 0 aliphatic carbocycles. The molecular formula is C13H18N2O7. The number of anilines is 1. The third-order valence-electron chi connectivity index (χ3n) is 2.82. The third-order valence-corrected chi connectivity index (χ3v) is 2.82. The lowest BCUT2D eigenvalue weighted by atomic mass is 10.0. The van der Waals surface area contributed by atoms with Crippen LogP contribution >= 0.6 is 0 Å². The van der Waals surface area contributed by atoms with Crippen LogP contribution in [0.2, 0.25) is 0 Å². The number of aliphatic hydroxyl groups excluding tert-OH is 5. The maximum Gasteiger partial charge on any atom is 0.274 e. The summed E-state index contributed by atoms with van der Waals surface area (Å²) in [5, 5.41) is 46.1. The average Bonchev–Trinajstić information content (AvgIpc) is 2.56. The van der Waals surface area contributed by atoms with Crippen molar-refractivity contribution in [1.82, 2.24) is 5.43 Å². The van der Waals surface area contributed by atoms with Gasteiger partial charge in [-0.3, -0.25) is 20.4 Å². The second-order valence-electron chi connectivity index (χ2n) is 4.47. The molecule has 0 heterocycles. The van der Waals surface area contributed by atoms with E-state index in [1.54, 1.807) is 30.3 Å². The largest absolute Gasteiger partial charge is 0.394 e. The van der Waals surface area contributed by atoms with Crippen LogP contribution in [0.25, 0.3) is 0 Å². The van der Waals surface area contributed by atoms with Crippen LogP contribution in [0.1, 0.15) is 0 Å². The van der Waals surface area contributed by atoms with Crippen LogP contribution in [0.15, 0.2) is 30.3 Å². The first-order chi connectivity index (χ1) is 10.4. The summed E-state index contributed by atoms with van der Waals surface area (Å²) in [7, 11) is 0. The van der Waals surface area contributed by atoms with Crippen LogP contribution in [0.3, 0.4) is 0 Å².